The Morgan fingerprint density at radius 2 is 1.44 bits per heavy atom. The fourth-order valence-electron chi connectivity index (χ4n) is 8.98. The average Bonchev–Trinajstić information content (AvgIpc) is 3.79. The van der Waals surface area contributed by atoms with Gasteiger partial charge in [-0.3, -0.25) is 0 Å². The number of aromatic nitrogens is 2. The Morgan fingerprint density at radius 3 is 2.19 bits per heavy atom. The molecule has 0 aliphatic carbocycles. The van der Waals surface area contributed by atoms with Gasteiger partial charge in [-0.15, -0.1) is 48.1 Å². The third-order valence-corrected chi connectivity index (χ3v) is 12.7. The van der Waals surface area contributed by atoms with Crippen LogP contribution in [0.2, 0.25) is 0 Å². The summed E-state index contributed by atoms with van der Waals surface area (Å²) in [6, 6.07) is 50.1. The predicted molar refractivity (Wildman–Crippen MR) is 254 cm³/mol. The zero-order valence-electron chi connectivity index (χ0n) is 37.7. The molecule has 8 aromatic rings. The monoisotopic (exact) mass is 1010 g/mol. The molecule has 0 spiro atoms. The predicted octanol–water partition coefficient (Wildman–Crippen LogP) is 15.1. The van der Waals surface area contributed by atoms with Crippen molar-refractivity contribution in [3.8, 4) is 28.8 Å². The second-order valence-corrected chi connectivity index (χ2v) is 19.7. The molecule has 0 saturated heterocycles. The summed E-state index contributed by atoms with van der Waals surface area (Å²) in [7, 11) is 0. The largest absolute Gasteiger partial charge is 0.509 e. The van der Waals surface area contributed by atoms with E-state index < -0.39 is 0 Å². The number of para-hydroxylation sites is 1. The van der Waals surface area contributed by atoms with Gasteiger partial charge in [0.15, 0.2) is 5.75 Å². The second kappa shape index (κ2) is 15.5. The molecule has 0 amide bonds. The molecule has 322 valence electrons. The number of benzene rings is 6. The molecule has 0 radical (unpaired) electrons. The summed E-state index contributed by atoms with van der Waals surface area (Å²) in [5.41, 5.74) is 11.7. The van der Waals surface area contributed by atoms with Crippen molar-refractivity contribution in [2.24, 2.45) is 0 Å². The summed E-state index contributed by atoms with van der Waals surface area (Å²) in [6.45, 7) is 24.7. The normalized spacial score (nSPS) is 14.3. The number of pyridine rings is 1. The SMILES string of the molecule is CC(C)c1ccc2c(c1)c1ccc(Oc3[c-]c(N4[CH-]N(c5ccccc5)c5c4ccc4c5Oc5ccc(C(C)(C)C)cc5C4(C)C)ccc3)[c-]c1n2-c1cc(C(C)(C)C)ccn1.[Pt]. The van der Waals surface area contributed by atoms with Crippen LogP contribution in [0.3, 0.4) is 0 Å². The van der Waals surface area contributed by atoms with Gasteiger partial charge in [-0.05, 0) is 81.3 Å². The maximum Gasteiger partial charge on any atom is 0.154 e. The molecular weight excluding hydrogens is 956 g/mol. The van der Waals surface area contributed by atoms with Gasteiger partial charge in [-0.1, -0.05) is 123 Å². The first-order valence-corrected chi connectivity index (χ1v) is 21.7. The summed E-state index contributed by atoms with van der Waals surface area (Å²) in [5.74, 6) is 4.19. The van der Waals surface area contributed by atoms with Crippen LogP contribution >= 0.6 is 0 Å². The van der Waals surface area contributed by atoms with Crippen molar-refractivity contribution in [1.29, 1.82) is 0 Å². The summed E-state index contributed by atoms with van der Waals surface area (Å²) in [4.78, 5) is 9.31. The minimum absolute atomic E-state index is 0. The van der Waals surface area contributed by atoms with E-state index in [1.807, 2.05) is 30.5 Å². The minimum atomic E-state index is -0.291. The molecule has 0 unspecified atom stereocenters. The van der Waals surface area contributed by atoms with E-state index in [4.69, 9.17) is 14.5 Å². The van der Waals surface area contributed by atoms with Gasteiger partial charge in [0.25, 0.3) is 0 Å². The van der Waals surface area contributed by atoms with E-state index in [9.17, 15) is 0 Å². The van der Waals surface area contributed by atoms with Gasteiger partial charge in [0.05, 0.1) is 5.69 Å². The Kier molecular flexibility index (Phi) is 10.4. The van der Waals surface area contributed by atoms with Crippen LogP contribution in [0.25, 0.3) is 27.6 Å². The first kappa shape index (κ1) is 42.5. The molecular formula is C56H53N4O2Pt-3. The van der Waals surface area contributed by atoms with Gasteiger partial charge in [0.2, 0.25) is 0 Å². The molecule has 0 bridgehead atoms. The van der Waals surface area contributed by atoms with Gasteiger partial charge >= 0.3 is 0 Å². The van der Waals surface area contributed by atoms with Crippen molar-refractivity contribution in [3.63, 3.8) is 0 Å². The number of hydrogen-bond donors (Lipinski definition) is 0. The van der Waals surface area contributed by atoms with E-state index in [0.29, 0.717) is 17.4 Å². The van der Waals surface area contributed by atoms with Crippen LogP contribution in [0.1, 0.15) is 103 Å². The first-order valence-electron chi connectivity index (χ1n) is 21.7. The minimum Gasteiger partial charge on any atom is -0.509 e. The van der Waals surface area contributed by atoms with Gasteiger partial charge in [0.1, 0.15) is 11.6 Å². The Hall–Kier alpha value is -5.84. The first-order chi connectivity index (χ1) is 29.6. The zero-order valence-corrected chi connectivity index (χ0v) is 40.0. The van der Waals surface area contributed by atoms with Crippen molar-refractivity contribution in [3.05, 3.63) is 174 Å². The van der Waals surface area contributed by atoms with Crippen LogP contribution in [0.5, 0.6) is 23.0 Å². The number of nitrogens with zero attached hydrogens (tertiary/aromatic N) is 4. The van der Waals surface area contributed by atoms with E-state index in [1.54, 1.807) is 0 Å². The average molecular weight is 1010 g/mol. The molecule has 2 aliphatic rings. The van der Waals surface area contributed by atoms with E-state index in [1.165, 1.54) is 27.6 Å². The maximum absolute atomic E-state index is 6.97. The summed E-state index contributed by atoms with van der Waals surface area (Å²) < 4.78 is 15.9. The molecule has 0 saturated carbocycles. The third-order valence-electron chi connectivity index (χ3n) is 12.7. The molecule has 2 aromatic heterocycles. The fourth-order valence-corrected chi connectivity index (χ4v) is 8.98. The molecule has 0 atom stereocenters. The summed E-state index contributed by atoms with van der Waals surface area (Å²) in [6.07, 6.45) is 1.91. The van der Waals surface area contributed by atoms with Crippen molar-refractivity contribution in [2.75, 3.05) is 9.80 Å². The number of ether oxygens (including phenoxy) is 2. The number of rotatable bonds is 6. The van der Waals surface area contributed by atoms with Gasteiger partial charge in [-0.25, -0.2) is 4.98 Å². The smallest absolute Gasteiger partial charge is 0.154 e. The number of fused-ring (bicyclic) bond motifs is 7. The van der Waals surface area contributed by atoms with Gasteiger partial charge in [0, 0.05) is 72.2 Å². The maximum atomic E-state index is 6.97. The Bertz CT molecular complexity index is 3040. The molecule has 4 heterocycles. The van der Waals surface area contributed by atoms with Crippen LogP contribution in [-0.2, 0) is 37.3 Å². The standard InChI is InChI=1S/C56H53N4O2.Pt/c1-35(2)36-19-24-47-44(29-36)43-22-21-42(33-49(43)60(47)51-31-38(27-28-57-51)55(6,7)8)61-41-18-14-17-40(32-41)58-34-59(39-15-12-11-13-16-39)52-48(58)25-23-45-53(52)62-50-26-20-37(54(3,4)5)30-46(50)56(45,9)10;/h11-31,34-35H,1-10H3;/q-3;. The van der Waals surface area contributed by atoms with Crippen molar-refractivity contribution in [2.45, 2.75) is 91.4 Å². The second-order valence-electron chi connectivity index (χ2n) is 19.7. The van der Waals surface area contributed by atoms with Crippen LogP contribution in [0.4, 0.5) is 22.7 Å². The molecule has 7 heteroatoms. The van der Waals surface area contributed by atoms with Crippen LogP contribution in [0.15, 0.2) is 128 Å². The van der Waals surface area contributed by atoms with Gasteiger partial charge in [-0.2, -0.15) is 12.1 Å². The zero-order chi connectivity index (χ0) is 43.3. The summed E-state index contributed by atoms with van der Waals surface area (Å²) in [5, 5.41) is 2.27. The van der Waals surface area contributed by atoms with Crippen LogP contribution in [0, 0.1) is 18.8 Å². The molecule has 6 nitrogen and oxygen atoms in total. The van der Waals surface area contributed by atoms with E-state index >= 15 is 0 Å². The molecule has 2 aliphatic heterocycles. The fraction of sp³-hybridized carbons (Fsp3) is 0.250. The quantitative estimate of drug-likeness (QED) is 0.155. The van der Waals surface area contributed by atoms with Crippen molar-refractivity contribution < 1.29 is 30.5 Å². The molecule has 0 fully saturated rings. The summed E-state index contributed by atoms with van der Waals surface area (Å²) >= 11 is 0. The van der Waals surface area contributed by atoms with Gasteiger partial charge < -0.3 is 23.8 Å². The van der Waals surface area contributed by atoms with E-state index in [2.05, 4.69) is 199 Å². The van der Waals surface area contributed by atoms with Crippen LogP contribution < -0.4 is 19.3 Å². The molecule has 0 N–H and O–H groups in total. The van der Waals surface area contributed by atoms with E-state index in [0.717, 1.165) is 62.0 Å². The van der Waals surface area contributed by atoms with Crippen LogP contribution in [-0.4, -0.2) is 9.55 Å². The van der Waals surface area contributed by atoms with E-state index in [-0.39, 0.29) is 37.3 Å². The Morgan fingerprint density at radius 1 is 0.698 bits per heavy atom. The molecule has 6 aromatic carbocycles. The number of hydrogen-bond acceptors (Lipinski definition) is 5. The molecule has 63 heavy (non-hydrogen) atoms. The Labute approximate surface area is 386 Å². The van der Waals surface area contributed by atoms with Crippen molar-refractivity contribution in [1.82, 2.24) is 9.55 Å². The number of anilines is 4. The Balaban J connectivity index is 0.00000504. The van der Waals surface area contributed by atoms with Crippen molar-refractivity contribution >= 4 is 44.6 Å². The topological polar surface area (TPSA) is 42.8 Å². The third kappa shape index (κ3) is 7.31. The molecule has 10 rings (SSSR count).